The van der Waals surface area contributed by atoms with E-state index >= 15 is 0 Å². The molecule has 0 radical (unpaired) electrons. The fourth-order valence-corrected chi connectivity index (χ4v) is 2.14. The molecule has 0 saturated carbocycles. The Balaban J connectivity index is 2.45. The Kier molecular flexibility index (Phi) is 4.12. The average Bonchev–Trinajstić information content (AvgIpc) is 2.42. The van der Waals surface area contributed by atoms with Crippen LogP contribution < -0.4 is 10.5 Å². The van der Waals surface area contributed by atoms with Gasteiger partial charge in [-0.25, -0.2) is 9.97 Å². The molecule has 100 valence electrons. The highest BCUT2D eigenvalue weighted by Gasteiger charge is 2.09. The average molecular weight is 257 g/mol. The largest absolute Gasteiger partial charge is 0.497 e. The molecule has 0 spiro atoms. The van der Waals surface area contributed by atoms with Crippen molar-refractivity contribution in [3.05, 3.63) is 41.2 Å². The molecule has 2 N–H and O–H groups in total. The third-order valence-corrected chi connectivity index (χ3v) is 3.14. The predicted molar refractivity (Wildman–Crippen MR) is 76.3 cm³/mol. The second-order valence-corrected chi connectivity index (χ2v) is 4.47. The Labute approximate surface area is 113 Å². The molecule has 0 amide bonds. The van der Waals surface area contributed by atoms with Crippen LogP contribution in [-0.2, 0) is 6.42 Å². The van der Waals surface area contributed by atoms with Crippen molar-refractivity contribution in [3.63, 3.8) is 0 Å². The maximum Gasteiger partial charge on any atom is 0.159 e. The zero-order valence-corrected chi connectivity index (χ0v) is 11.6. The van der Waals surface area contributed by atoms with Crippen LogP contribution in [0.15, 0.2) is 24.3 Å². The van der Waals surface area contributed by atoms with Crippen LogP contribution in [0.3, 0.4) is 0 Å². The topological polar surface area (TPSA) is 61.0 Å². The molecule has 4 nitrogen and oxygen atoms in total. The zero-order valence-electron chi connectivity index (χ0n) is 11.6. The molecule has 0 fully saturated rings. The van der Waals surface area contributed by atoms with Crippen LogP contribution in [-0.4, -0.2) is 23.6 Å². The molecule has 0 bridgehead atoms. The highest BCUT2D eigenvalue weighted by Crippen LogP contribution is 2.22. The Morgan fingerprint density at radius 1 is 1.16 bits per heavy atom. The molecule has 1 aromatic carbocycles. The Morgan fingerprint density at radius 3 is 2.42 bits per heavy atom. The van der Waals surface area contributed by atoms with Gasteiger partial charge in [0, 0.05) is 17.0 Å². The standard InChI is InChI=1S/C15H19N3O/c1-10-14(7-8-16)11(2)18-15(17-10)12-5-4-6-13(9-12)19-3/h4-6,9H,7-8,16H2,1-3H3. The summed E-state index contributed by atoms with van der Waals surface area (Å²) in [6.45, 7) is 4.62. The van der Waals surface area contributed by atoms with Gasteiger partial charge >= 0.3 is 0 Å². The van der Waals surface area contributed by atoms with Crippen molar-refractivity contribution < 1.29 is 4.74 Å². The van der Waals surface area contributed by atoms with Crippen LogP contribution in [0.25, 0.3) is 11.4 Å². The van der Waals surface area contributed by atoms with Crippen molar-refractivity contribution in [1.82, 2.24) is 9.97 Å². The van der Waals surface area contributed by atoms with Gasteiger partial charge in [-0.1, -0.05) is 12.1 Å². The minimum Gasteiger partial charge on any atom is -0.497 e. The fraction of sp³-hybridized carbons (Fsp3) is 0.333. The van der Waals surface area contributed by atoms with Gasteiger partial charge in [-0.3, -0.25) is 0 Å². The van der Waals surface area contributed by atoms with Gasteiger partial charge in [-0.05, 0) is 44.5 Å². The lowest BCUT2D eigenvalue weighted by molar-refractivity contribution is 0.415. The second-order valence-electron chi connectivity index (χ2n) is 4.47. The van der Waals surface area contributed by atoms with Gasteiger partial charge in [0.2, 0.25) is 0 Å². The third-order valence-electron chi connectivity index (χ3n) is 3.14. The predicted octanol–water partition coefficient (Wildman–Crippen LogP) is 2.27. The van der Waals surface area contributed by atoms with Crippen molar-refractivity contribution in [2.24, 2.45) is 5.73 Å². The number of methoxy groups -OCH3 is 1. The molecular formula is C15H19N3O. The Bertz CT molecular complexity index is 558. The number of nitrogens with two attached hydrogens (primary N) is 1. The Hall–Kier alpha value is -1.94. The number of benzene rings is 1. The molecule has 2 rings (SSSR count). The highest BCUT2D eigenvalue weighted by atomic mass is 16.5. The lowest BCUT2D eigenvalue weighted by Gasteiger charge is -2.10. The molecule has 0 atom stereocenters. The van der Waals surface area contributed by atoms with Crippen molar-refractivity contribution in [2.45, 2.75) is 20.3 Å². The molecule has 4 heteroatoms. The van der Waals surface area contributed by atoms with Gasteiger partial charge in [0.25, 0.3) is 0 Å². The van der Waals surface area contributed by atoms with Crippen LogP contribution in [0.2, 0.25) is 0 Å². The lowest BCUT2D eigenvalue weighted by atomic mass is 10.1. The van der Waals surface area contributed by atoms with E-state index in [0.29, 0.717) is 6.54 Å². The first kappa shape index (κ1) is 13.5. The third kappa shape index (κ3) is 2.90. The monoisotopic (exact) mass is 257 g/mol. The van der Waals surface area contributed by atoms with Gasteiger partial charge in [0.15, 0.2) is 5.82 Å². The van der Waals surface area contributed by atoms with E-state index in [0.717, 1.165) is 40.5 Å². The molecule has 0 aliphatic carbocycles. The summed E-state index contributed by atoms with van der Waals surface area (Å²) in [4.78, 5) is 9.15. The lowest BCUT2D eigenvalue weighted by Crippen LogP contribution is -2.09. The molecule has 0 unspecified atom stereocenters. The van der Waals surface area contributed by atoms with E-state index in [1.807, 2.05) is 38.1 Å². The van der Waals surface area contributed by atoms with Crippen molar-refractivity contribution in [3.8, 4) is 17.1 Å². The normalized spacial score (nSPS) is 10.5. The van der Waals surface area contributed by atoms with E-state index in [2.05, 4.69) is 9.97 Å². The quantitative estimate of drug-likeness (QED) is 0.912. The van der Waals surface area contributed by atoms with Crippen molar-refractivity contribution in [1.29, 1.82) is 0 Å². The van der Waals surface area contributed by atoms with E-state index in [1.54, 1.807) is 7.11 Å². The summed E-state index contributed by atoms with van der Waals surface area (Å²) in [6.07, 6.45) is 0.816. The maximum absolute atomic E-state index is 5.61. The van der Waals surface area contributed by atoms with Crippen LogP contribution in [0, 0.1) is 13.8 Å². The number of hydrogen-bond donors (Lipinski definition) is 1. The first-order valence-electron chi connectivity index (χ1n) is 6.34. The Morgan fingerprint density at radius 2 is 1.84 bits per heavy atom. The maximum atomic E-state index is 5.61. The molecule has 1 aromatic heterocycles. The number of rotatable bonds is 4. The summed E-state index contributed by atoms with van der Waals surface area (Å²) < 4.78 is 5.23. The van der Waals surface area contributed by atoms with Crippen LogP contribution in [0.5, 0.6) is 5.75 Å². The number of nitrogens with zero attached hydrogens (tertiary/aromatic N) is 2. The molecule has 1 heterocycles. The van der Waals surface area contributed by atoms with Gasteiger partial charge in [0.05, 0.1) is 7.11 Å². The zero-order chi connectivity index (χ0) is 13.8. The van der Waals surface area contributed by atoms with Gasteiger partial charge in [-0.2, -0.15) is 0 Å². The van der Waals surface area contributed by atoms with E-state index < -0.39 is 0 Å². The van der Waals surface area contributed by atoms with Gasteiger partial charge in [-0.15, -0.1) is 0 Å². The van der Waals surface area contributed by atoms with Crippen molar-refractivity contribution in [2.75, 3.05) is 13.7 Å². The smallest absolute Gasteiger partial charge is 0.159 e. The molecule has 0 saturated heterocycles. The first-order valence-corrected chi connectivity index (χ1v) is 6.34. The number of ether oxygens (including phenoxy) is 1. The van der Waals surface area contributed by atoms with E-state index in [4.69, 9.17) is 10.5 Å². The highest BCUT2D eigenvalue weighted by molar-refractivity contribution is 5.58. The molecule has 0 aliphatic heterocycles. The van der Waals surface area contributed by atoms with Crippen LogP contribution >= 0.6 is 0 Å². The molecule has 2 aromatic rings. The summed E-state index contributed by atoms with van der Waals surface area (Å²) >= 11 is 0. The summed E-state index contributed by atoms with van der Waals surface area (Å²) in [5, 5.41) is 0. The summed E-state index contributed by atoms with van der Waals surface area (Å²) in [5.41, 5.74) is 9.72. The molecule has 19 heavy (non-hydrogen) atoms. The SMILES string of the molecule is COc1cccc(-c2nc(C)c(CCN)c(C)n2)c1. The minimum atomic E-state index is 0.615. The number of hydrogen-bond acceptors (Lipinski definition) is 4. The summed E-state index contributed by atoms with van der Waals surface area (Å²) in [5.74, 6) is 1.54. The van der Waals surface area contributed by atoms with E-state index in [1.165, 1.54) is 0 Å². The molecule has 0 aliphatic rings. The first-order chi connectivity index (χ1) is 9.15. The van der Waals surface area contributed by atoms with Crippen LogP contribution in [0.4, 0.5) is 0 Å². The van der Waals surface area contributed by atoms with E-state index in [-0.39, 0.29) is 0 Å². The number of aromatic nitrogens is 2. The van der Waals surface area contributed by atoms with Gasteiger partial charge < -0.3 is 10.5 Å². The summed E-state index contributed by atoms with van der Waals surface area (Å²) in [7, 11) is 1.65. The van der Waals surface area contributed by atoms with Gasteiger partial charge in [0.1, 0.15) is 5.75 Å². The fourth-order valence-electron chi connectivity index (χ4n) is 2.14. The van der Waals surface area contributed by atoms with E-state index in [9.17, 15) is 0 Å². The summed E-state index contributed by atoms with van der Waals surface area (Å²) in [6, 6.07) is 7.78. The molecular weight excluding hydrogens is 238 g/mol. The second kappa shape index (κ2) is 5.80. The minimum absolute atomic E-state index is 0.615. The van der Waals surface area contributed by atoms with Crippen LogP contribution in [0.1, 0.15) is 17.0 Å². The number of aryl methyl sites for hydroxylation is 2. The van der Waals surface area contributed by atoms with Crippen molar-refractivity contribution >= 4 is 0 Å².